The highest BCUT2D eigenvalue weighted by Gasteiger charge is 2.18. The van der Waals surface area contributed by atoms with Gasteiger partial charge in [-0.2, -0.15) is 5.10 Å². The van der Waals surface area contributed by atoms with Gasteiger partial charge in [0, 0.05) is 33.3 Å². The number of amides is 1. The van der Waals surface area contributed by atoms with E-state index in [4.69, 9.17) is 4.74 Å². The molecule has 1 rings (SSSR count). The van der Waals surface area contributed by atoms with Gasteiger partial charge in [-0.05, 0) is 6.07 Å². The van der Waals surface area contributed by atoms with E-state index in [0.717, 1.165) is 4.68 Å². The van der Waals surface area contributed by atoms with E-state index in [1.165, 1.54) is 38.3 Å². The maximum Gasteiger partial charge on any atom is 0.307 e. The first-order valence-electron chi connectivity index (χ1n) is 6.39. The van der Waals surface area contributed by atoms with E-state index in [0.29, 0.717) is 13.2 Å². The van der Waals surface area contributed by atoms with Crippen molar-refractivity contribution in [1.82, 2.24) is 14.7 Å². The van der Waals surface area contributed by atoms with Crippen molar-refractivity contribution in [2.24, 2.45) is 7.05 Å². The van der Waals surface area contributed by atoms with Crippen LogP contribution in [0.5, 0.6) is 0 Å². The summed E-state index contributed by atoms with van der Waals surface area (Å²) in [4.78, 5) is 36.3. The summed E-state index contributed by atoms with van der Waals surface area (Å²) in [7, 11) is 4.28. The summed E-state index contributed by atoms with van der Waals surface area (Å²) in [6.45, 7) is 0.842. The van der Waals surface area contributed by atoms with Gasteiger partial charge < -0.3 is 14.4 Å². The quantitative estimate of drug-likeness (QED) is 0.626. The number of methoxy groups -OCH3 is 2. The van der Waals surface area contributed by atoms with Gasteiger partial charge in [-0.1, -0.05) is 0 Å². The van der Waals surface area contributed by atoms with Gasteiger partial charge >= 0.3 is 5.97 Å². The van der Waals surface area contributed by atoms with Crippen LogP contribution in [0.4, 0.5) is 0 Å². The van der Waals surface area contributed by atoms with Crippen LogP contribution in [0, 0.1) is 0 Å². The van der Waals surface area contributed by atoms with Gasteiger partial charge in [0.05, 0.1) is 20.1 Å². The molecule has 1 heterocycles. The molecule has 21 heavy (non-hydrogen) atoms. The summed E-state index contributed by atoms with van der Waals surface area (Å²) in [6.07, 6.45) is 0.0811. The summed E-state index contributed by atoms with van der Waals surface area (Å²) >= 11 is 0. The maximum absolute atomic E-state index is 12.4. The van der Waals surface area contributed by atoms with E-state index in [1.54, 1.807) is 0 Å². The van der Waals surface area contributed by atoms with Gasteiger partial charge in [0.2, 0.25) is 0 Å². The van der Waals surface area contributed by atoms with Crippen LogP contribution in [0.1, 0.15) is 16.9 Å². The highest BCUT2D eigenvalue weighted by atomic mass is 16.5. The molecule has 0 saturated heterocycles. The molecule has 0 aromatic carbocycles. The molecule has 8 nitrogen and oxygen atoms in total. The van der Waals surface area contributed by atoms with E-state index in [1.807, 2.05) is 0 Å². The lowest BCUT2D eigenvalue weighted by atomic mass is 10.3. The van der Waals surface area contributed by atoms with Crippen LogP contribution in [-0.4, -0.2) is 60.5 Å². The Labute approximate surface area is 122 Å². The smallest absolute Gasteiger partial charge is 0.307 e. The van der Waals surface area contributed by atoms with Gasteiger partial charge in [-0.3, -0.25) is 14.4 Å². The fraction of sp³-hybridized carbons (Fsp3) is 0.538. The Morgan fingerprint density at radius 2 is 2.00 bits per heavy atom. The average molecular weight is 297 g/mol. The molecule has 0 N–H and O–H groups in total. The minimum absolute atomic E-state index is 0.0811. The third kappa shape index (κ3) is 4.99. The van der Waals surface area contributed by atoms with Crippen molar-refractivity contribution in [2.75, 3.05) is 33.9 Å². The molecule has 0 spiro atoms. The molecule has 0 radical (unpaired) electrons. The first-order valence-corrected chi connectivity index (χ1v) is 6.39. The molecule has 0 aliphatic heterocycles. The van der Waals surface area contributed by atoms with Crippen molar-refractivity contribution < 1.29 is 19.1 Å². The van der Waals surface area contributed by atoms with E-state index in [2.05, 4.69) is 9.84 Å². The minimum atomic E-state index is -0.404. The summed E-state index contributed by atoms with van der Waals surface area (Å²) < 4.78 is 10.6. The van der Waals surface area contributed by atoms with E-state index in [-0.39, 0.29) is 30.1 Å². The second-order valence-electron chi connectivity index (χ2n) is 4.29. The third-order valence-corrected chi connectivity index (χ3v) is 2.85. The number of aryl methyl sites for hydroxylation is 1. The predicted octanol–water partition coefficient (Wildman–Crippen LogP) is -0.568. The Balaban J connectivity index is 2.84. The Hall–Kier alpha value is -2.22. The number of nitrogens with zero attached hydrogens (tertiary/aromatic N) is 3. The number of ether oxygens (including phenoxy) is 2. The number of hydrogen-bond donors (Lipinski definition) is 0. The summed E-state index contributed by atoms with van der Waals surface area (Å²) in [5, 5.41) is 3.90. The summed E-state index contributed by atoms with van der Waals surface area (Å²) in [5.41, 5.74) is -0.164. The fourth-order valence-corrected chi connectivity index (χ4v) is 1.62. The second-order valence-corrected chi connectivity index (χ2v) is 4.29. The molecular weight excluding hydrogens is 278 g/mol. The molecule has 116 valence electrons. The molecular formula is C13H19N3O5. The second kappa shape index (κ2) is 8.15. The first-order chi connectivity index (χ1) is 9.99. The Morgan fingerprint density at radius 1 is 1.29 bits per heavy atom. The molecule has 0 aliphatic rings. The molecule has 1 aromatic rings. The Bertz CT molecular complexity index is 555. The summed E-state index contributed by atoms with van der Waals surface area (Å²) in [5.74, 6) is -0.773. The molecule has 8 heteroatoms. The highest BCUT2D eigenvalue weighted by molar-refractivity contribution is 5.92. The summed E-state index contributed by atoms with van der Waals surface area (Å²) in [6, 6.07) is 2.64. The number of carbonyl (C=O) groups excluding carboxylic acids is 2. The third-order valence-electron chi connectivity index (χ3n) is 2.85. The van der Waals surface area contributed by atoms with Crippen molar-refractivity contribution in [1.29, 1.82) is 0 Å². The van der Waals surface area contributed by atoms with Crippen LogP contribution >= 0.6 is 0 Å². The lowest BCUT2D eigenvalue weighted by Crippen LogP contribution is -2.37. The van der Waals surface area contributed by atoms with Crippen LogP contribution < -0.4 is 5.56 Å². The van der Waals surface area contributed by atoms with Crippen molar-refractivity contribution >= 4 is 11.9 Å². The monoisotopic (exact) mass is 297 g/mol. The average Bonchev–Trinajstić information content (AvgIpc) is 2.49. The number of rotatable bonds is 7. The minimum Gasteiger partial charge on any atom is -0.469 e. The van der Waals surface area contributed by atoms with E-state index in [9.17, 15) is 14.4 Å². The van der Waals surface area contributed by atoms with Crippen LogP contribution in [0.2, 0.25) is 0 Å². The standard InChI is InChI=1S/C13H19N3O5/c1-15-11(17)5-4-10(14-15)13(19)16(8-9-20-2)7-6-12(18)21-3/h4-5H,6-9H2,1-3H3. The van der Waals surface area contributed by atoms with Gasteiger partial charge in [0.1, 0.15) is 5.69 Å². The van der Waals surface area contributed by atoms with E-state index >= 15 is 0 Å². The number of aromatic nitrogens is 2. The van der Waals surface area contributed by atoms with Crippen LogP contribution in [0.3, 0.4) is 0 Å². The molecule has 0 saturated carbocycles. The van der Waals surface area contributed by atoms with Crippen LogP contribution in [0.25, 0.3) is 0 Å². The van der Waals surface area contributed by atoms with Crippen molar-refractivity contribution in [3.8, 4) is 0 Å². The molecule has 0 bridgehead atoms. The Kier molecular flexibility index (Phi) is 6.54. The SMILES string of the molecule is COCCN(CCC(=O)OC)C(=O)c1ccc(=O)n(C)n1. The zero-order valence-electron chi connectivity index (χ0n) is 12.4. The fourth-order valence-electron chi connectivity index (χ4n) is 1.62. The Morgan fingerprint density at radius 3 is 2.57 bits per heavy atom. The molecule has 1 amide bonds. The largest absolute Gasteiger partial charge is 0.469 e. The van der Waals surface area contributed by atoms with Crippen LogP contribution in [0.15, 0.2) is 16.9 Å². The normalized spacial score (nSPS) is 10.2. The van der Waals surface area contributed by atoms with Crippen molar-refractivity contribution in [3.05, 3.63) is 28.2 Å². The molecule has 0 atom stereocenters. The number of hydrogen-bond acceptors (Lipinski definition) is 6. The number of esters is 1. The lowest BCUT2D eigenvalue weighted by molar-refractivity contribution is -0.140. The topological polar surface area (TPSA) is 90.7 Å². The zero-order valence-corrected chi connectivity index (χ0v) is 12.4. The highest BCUT2D eigenvalue weighted by Crippen LogP contribution is 2.02. The van der Waals surface area contributed by atoms with Crippen molar-refractivity contribution in [3.63, 3.8) is 0 Å². The predicted molar refractivity (Wildman–Crippen MR) is 73.9 cm³/mol. The van der Waals surface area contributed by atoms with Gasteiger partial charge in [0.15, 0.2) is 0 Å². The molecule has 0 unspecified atom stereocenters. The molecule has 1 aromatic heterocycles. The zero-order chi connectivity index (χ0) is 15.8. The number of carbonyl (C=O) groups is 2. The van der Waals surface area contributed by atoms with E-state index < -0.39 is 5.97 Å². The lowest BCUT2D eigenvalue weighted by Gasteiger charge is -2.21. The maximum atomic E-state index is 12.4. The van der Waals surface area contributed by atoms with Gasteiger partial charge in [-0.25, -0.2) is 4.68 Å². The van der Waals surface area contributed by atoms with Gasteiger partial charge in [-0.15, -0.1) is 0 Å². The van der Waals surface area contributed by atoms with Crippen molar-refractivity contribution in [2.45, 2.75) is 6.42 Å². The van der Waals surface area contributed by atoms with Crippen LogP contribution in [-0.2, 0) is 21.3 Å². The first kappa shape index (κ1) is 16.8. The molecule has 0 fully saturated rings. The van der Waals surface area contributed by atoms with Gasteiger partial charge in [0.25, 0.3) is 11.5 Å². The molecule has 0 aliphatic carbocycles.